The topological polar surface area (TPSA) is 71.6 Å². The fraction of sp³-hybridized carbons (Fsp3) is 0.375. The van der Waals surface area contributed by atoms with Crippen molar-refractivity contribution in [3.8, 4) is 0 Å². The van der Waals surface area contributed by atoms with Crippen LogP contribution in [0.5, 0.6) is 0 Å². The first kappa shape index (κ1) is 14.7. The van der Waals surface area contributed by atoms with Gasteiger partial charge in [-0.25, -0.2) is 14.5 Å². The predicted molar refractivity (Wildman–Crippen MR) is 88.7 cm³/mol. The van der Waals surface area contributed by atoms with Crippen molar-refractivity contribution in [3.05, 3.63) is 43.2 Å². The van der Waals surface area contributed by atoms with E-state index in [1.165, 1.54) is 0 Å². The first-order valence-corrected chi connectivity index (χ1v) is 8.04. The number of rotatable bonds is 3. The van der Waals surface area contributed by atoms with E-state index in [0.717, 1.165) is 24.6 Å². The number of aromatic nitrogens is 5. The molecule has 3 aromatic heterocycles. The smallest absolute Gasteiger partial charge is 0.245 e. The molecule has 1 aliphatic heterocycles. The lowest BCUT2D eigenvalue weighted by atomic mass is 10.2. The van der Waals surface area contributed by atoms with Crippen molar-refractivity contribution >= 4 is 17.4 Å². The molecule has 1 amide bonds. The van der Waals surface area contributed by atoms with Gasteiger partial charge in [0.2, 0.25) is 5.91 Å². The molecular formula is C16H19N7O. The Balaban J connectivity index is 1.41. The highest BCUT2D eigenvalue weighted by atomic mass is 16.2. The molecule has 0 radical (unpaired) electrons. The minimum absolute atomic E-state index is 0.130. The van der Waals surface area contributed by atoms with Crippen LogP contribution in [-0.2, 0) is 4.79 Å². The molecule has 0 spiro atoms. The predicted octanol–water partition coefficient (Wildman–Crippen LogP) is 0.836. The SMILES string of the molecule is C[C@H](C(=O)N1CCN(c2ccc3nccn3n2)CC1)n1ccnc1. The highest BCUT2D eigenvalue weighted by Crippen LogP contribution is 2.16. The Kier molecular flexibility index (Phi) is 3.64. The third-order valence-electron chi connectivity index (χ3n) is 4.49. The molecule has 1 aliphatic rings. The molecule has 3 aromatic rings. The molecule has 1 saturated heterocycles. The number of piperazine rings is 1. The van der Waals surface area contributed by atoms with E-state index in [1.807, 2.05) is 40.9 Å². The summed E-state index contributed by atoms with van der Waals surface area (Å²) in [6.07, 6.45) is 8.78. The van der Waals surface area contributed by atoms with Gasteiger partial charge in [0.05, 0.1) is 6.33 Å². The van der Waals surface area contributed by atoms with E-state index in [1.54, 1.807) is 23.2 Å². The molecule has 4 heterocycles. The molecule has 1 fully saturated rings. The summed E-state index contributed by atoms with van der Waals surface area (Å²) in [5.41, 5.74) is 0.835. The van der Waals surface area contributed by atoms with Gasteiger partial charge in [-0.1, -0.05) is 0 Å². The average molecular weight is 325 g/mol. The lowest BCUT2D eigenvalue weighted by molar-refractivity contribution is -0.134. The Labute approximate surface area is 139 Å². The zero-order valence-electron chi connectivity index (χ0n) is 13.5. The van der Waals surface area contributed by atoms with Crippen LogP contribution in [0.15, 0.2) is 43.2 Å². The molecule has 0 aliphatic carbocycles. The van der Waals surface area contributed by atoms with Crippen LogP contribution >= 0.6 is 0 Å². The van der Waals surface area contributed by atoms with Crippen LogP contribution in [0, 0.1) is 0 Å². The van der Waals surface area contributed by atoms with Gasteiger partial charge >= 0.3 is 0 Å². The van der Waals surface area contributed by atoms with Crippen LogP contribution in [0.25, 0.3) is 5.65 Å². The van der Waals surface area contributed by atoms with Gasteiger partial charge in [-0.3, -0.25) is 4.79 Å². The fourth-order valence-corrected chi connectivity index (χ4v) is 3.02. The van der Waals surface area contributed by atoms with Crippen molar-refractivity contribution in [2.75, 3.05) is 31.1 Å². The zero-order chi connectivity index (χ0) is 16.5. The molecule has 124 valence electrons. The van der Waals surface area contributed by atoms with E-state index in [2.05, 4.69) is 20.0 Å². The molecule has 0 saturated carbocycles. The molecule has 0 N–H and O–H groups in total. The number of nitrogens with zero attached hydrogens (tertiary/aromatic N) is 7. The highest BCUT2D eigenvalue weighted by molar-refractivity contribution is 5.80. The van der Waals surface area contributed by atoms with Gasteiger partial charge in [-0.05, 0) is 19.1 Å². The molecule has 4 rings (SSSR count). The normalized spacial score (nSPS) is 16.5. The Morgan fingerprint density at radius 3 is 2.71 bits per heavy atom. The molecule has 1 atom stereocenters. The van der Waals surface area contributed by atoms with Crippen molar-refractivity contribution in [1.82, 2.24) is 29.0 Å². The van der Waals surface area contributed by atoms with Crippen molar-refractivity contribution in [2.45, 2.75) is 13.0 Å². The maximum Gasteiger partial charge on any atom is 0.245 e. The number of imidazole rings is 2. The number of fused-ring (bicyclic) bond motifs is 1. The lowest BCUT2D eigenvalue weighted by Gasteiger charge is -2.36. The number of carbonyl (C=O) groups is 1. The minimum Gasteiger partial charge on any atom is -0.352 e. The molecule has 8 heteroatoms. The molecule has 0 aromatic carbocycles. The van der Waals surface area contributed by atoms with Crippen molar-refractivity contribution in [3.63, 3.8) is 0 Å². The second kappa shape index (κ2) is 5.95. The van der Waals surface area contributed by atoms with Gasteiger partial charge in [0, 0.05) is 51.0 Å². The Morgan fingerprint density at radius 2 is 1.96 bits per heavy atom. The third-order valence-corrected chi connectivity index (χ3v) is 4.49. The first-order valence-electron chi connectivity index (χ1n) is 8.04. The second-order valence-corrected chi connectivity index (χ2v) is 5.92. The van der Waals surface area contributed by atoms with E-state index < -0.39 is 0 Å². The summed E-state index contributed by atoms with van der Waals surface area (Å²) in [6.45, 7) is 4.85. The Bertz CT molecular complexity index is 833. The molecule has 24 heavy (non-hydrogen) atoms. The lowest BCUT2D eigenvalue weighted by Crippen LogP contribution is -2.50. The van der Waals surface area contributed by atoms with Gasteiger partial charge in [-0.15, -0.1) is 5.10 Å². The largest absolute Gasteiger partial charge is 0.352 e. The standard InChI is InChI=1S/C16H19N7O/c1-13(22-6-4-17-12-22)16(24)21-10-8-20(9-11-21)15-3-2-14-18-5-7-23(14)19-15/h2-7,12-13H,8-11H2,1H3/t13-/m1/s1. The van der Waals surface area contributed by atoms with Gasteiger partial charge in [0.15, 0.2) is 5.65 Å². The zero-order valence-corrected chi connectivity index (χ0v) is 13.5. The second-order valence-electron chi connectivity index (χ2n) is 5.92. The number of amides is 1. The number of anilines is 1. The van der Waals surface area contributed by atoms with E-state index in [0.29, 0.717) is 13.1 Å². The van der Waals surface area contributed by atoms with Crippen molar-refractivity contribution in [1.29, 1.82) is 0 Å². The summed E-state index contributed by atoms with van der Waals surface area (Å²) < 4.78 is 3.61. The Morgan fingerprint density at radius 1 is 1.12 bits per heavy atom. The summed E-state index contributed by atoms with van der Waals surface area (Å²) in [5, 5.41) is 4.57. The van der Waals surface area contributed by atoms with E-state index >= 15 is 0 Å². The maximum atomic E-state index is 12.6. The van der Waals surface area contributed by atoms with Gasteiger partial charge in [0.25, 0.3) is 0 Å². The monoisotopic (exact) mass is 325 g/mol. The summed E-state index contributed by atoms with van der Waals surface area (Å²) >= 11 is 0. The summed E-state index contributed by atoms with van der Waals surface area (Å²) in [4.78, 5) is 24.9. The number of hydrogen-bond acceptors (Lipinski definition) is 5. The van der Waals surface area contributed by atoms with Crippen LogP contribution in [0.2, 0.25) is 0 Å². The van der Waals surface area contributed by atoms with Crippen LogP contribution in [0.4, 0.5) is 5.82 Å². The highest BCUT2D eigenvalue weighted by Gasteiger charge is 2.26. The molecular weight excluding hydrogens is 306 g/mol. The van der Waals surface area contributed by atoms with Crippen LogP contribution in [-0.4, -0.2) is 61.1 Å². The van der Waals surface area contributed by atoms with Gasteiger partial charge in [-0.2, -0.15) is 0 Å². The minimum atomic E-state index is -0.223. The molecule has 8 nitrogen and oxygen atoms in total. The first-order chi connectivity index (χ1) is 11.7. The van der Waals surface area contributed by atoms with E-state index in [-0.39, 0.29) is 11.9 Å². The Hall–Kier alpha value is -2.90. The quantitative estimate of drug-likeness (QED) is 0.713. The van der Waals surface area contributed by atoms with Gasteiger partial charge in [0.1, 0.15) is 11.9 Å². The summed E-state index contributed by atoms with van der Waals surface area (Å²) in [6, 6.07) is 3.72. The van der Waals surface area contributed by atoms with Crippen molar-refractivity contribution in [2.24, 2.45) is 0 Å². The van der Waals surface area contributed by atoms with E-state index in [9.17, 15) is 4.79 Å². The fourth-order valence-electron chi connectivity index (χ4n) is 3.02. The van der Waals surface area contributed by atoms with Crippen LogP contribution in [0.3, 0.4) is 0 Å². The van der Waals surface area contributed by atoms with Crippen LogP contribution in [0.1, 0.15) is 13.0 Å². The van der Waals surface area contributed by atoms with Crippen molar-refractivity contribution < 1.29 is 4.79 Å². The number of carbonyl (C=O) groups excluding carboxylic acids is 1. The van der Waals surface area contributed by atoms with E-state index in [4.69, 9.17) is 0 Å². The van der Waals surface area contributed by atoms with Crippen LogP contribution < -0.4 is 4.90 Å². The van der Waals surface area contributed by atoms with Gasteiger partial charge < -0.3 is 14.4 Å². The average Bonchev–Trinajstić information content (AvgIpc) is 3.31. The maximum absolute atomic E-state index is 12.6. The third kappa shape index (κ3) is 2.60. The molecule has 0 unspecified atom stereocenters. The number of hydrogen-bond donors (Lipinski definition) is 0. The summed E-state index contributed by atoms with van der Waals surface area (Å²) in [7, 11) is 0. The summed E-state index contributed by atoms with van der Waals surface area (Å²) in [5.74, 6) is 1.04. The molecule has 0 bridgehead atoms.